The van der Waals surface area contributed by atoms with Gasteiger partial charge in [-0.3, -0.25) is 14.7 Å². The maximum atomic E-state index is 12.1. The lowest BCUT2D eigenvalue weighted by Crippen LogP contribution is -2.35. The van der Waals surface area contributed by atoms with Crippen molar-refractivity contribution in [2.45, 2.75) is 25.4 Å². The van der Waals surface area contributed by atoms with Gasteiger partial charge in [0.05, 0.1) is 11.9 Å². The minimum atomic E-state index is -0.294. The summed E-state index contributed by atoms with van der Waals surface area (Å²) < 4.78 is 0. The Labute approximate surface area is 117 Å². The van der Waals surface area contributed by atoms with Crippen LogP contribution in [0.25, 0.3) is 0 Å². The van der Waals surface area contributed by atoms with Gasteiger partial charge in [-0.15, -0.1) is 0 Å². The quantitative estimate of drug-likeness (QED) is 0.901. The van der Waals surface area contributed by atoms with Gasteiger partial charge in [0, 0.05) is 32.1 Å². The van der Waals surface area contributed by atoms with E-state index in [1.54, 1.807) is 24.5 Å². The molecule has 0 aliphatic carbocycles. The smallest absolute Gasteiger partial charge is 0.273 e. The number of rotatable bonds is 3. The first-order valence-electron chi connectivity index (χ1n) is 6.89. The third kappa shape index (κ3) is 2.51. The number of carbonyl (C=O) groups excluding carboxylic acids is 1. The van der Waals surface area contributed by atoms with Crippen molar-refractivity contribution in [3.8, 4) is 0 Å². The zero-order chi connectivity index (χ0) is 14.0. The van der Waals surface area contributed by atoms with Crippen molar-refractivity contribution in [2.75, 3.05) is 25.0 Å². The van der Waals surface area contributed by atoms with Gasteiger partial charge in [0.2, 0.25) is 0 Å². The molecule has 2 aliphatic heterocycles. The fourth-order valence-electron chi connectivity index (χ4n) is 2.70. The first kappa shape index (κ1) is 13.1. The number of anilines is 1. The van der Waals surface area contributed by atoms with E-state index in [-0.39, 0.29) is 11.5 Å². The summed E-state index contributed by atoms with van der Waals surface area (Å²) in [6.07, 6.45) is 4.78. The largest absolute Gasteiger partial charge is 0.387 e. The molecule has 2 aliphatic rings. The van der Waals surface area contributed by atoms with Crippen LogP contribution in [0.4, 0.5) is 5.69 Å². The van der Waals surface area contributed by atoms with Crippen LogP contribution in [0, 0.1) is 0 Å². The number of likely N-dealkylation sites (N-methyl/N-ethyl adjacent to an activating group) is 1. The van der Waals surface area contributed by atoms with Crippen LogP contribution in [-0.4, -0.2) is 46.7 Å². The zero-order valence-corrected chi connectivity index (χ0v) is 11.5. The Bertz CT molecular complexity index is 531. The molecule has 1 amide bonds. The number of oxime groups is 1. The minimum Gasteiger partial charge on any atom is -0.387 e. The van der Waals surface area contributed by atoms with Gasteiger partial charge in [0.1, 0.15) is 5.71 Å². The highest BCUT2D eigenvalue weighted by molar-refractivity contribution is 6.43. The van der Waals surface area contributed by atoms with Crippen molar-refractivity contribution < 1.29 is 9.63 Å². The van der Waals surface area contributed by atoms with E-state index in [0.29, 0.717) is 17.8 Å². The van der Waals surface area contributed by atoms with Crippen molar-refractivity contribution in [1.29, 1.82) is 0 Å². The summed E-state index contributed by atoms with van der Waals surface area (Å²) in [6.45, 7) is 4.98. The predicted molar refractivity (Wildman–Crippen MR) is 75.5 cm³/mol. The van der Waals surface area contributed by atoms with Crippen molar-refractivity contribution in [3.05, 3.63) is 24.5 Å². The third-order valence-corrected chi connectivity index (χ3v) is 3.86. The SMILES string of the molecule is CCN1CC[C@]2(CC(C(=O)Nc3cccnc3)=NO2)C1. The summed E-state index contributed by atoms with van der Waals surface area (Å²) in [5.41, 5.74) is 0.840. The number of carbonyl (C=O) groups is 1. The van der Waals surface area contributed by atoms with Gasteiger partial charge in [0.25, 0.3) is 5.91 Å². The van der Waals surface area contributed by atoms with Gasteiger partial charge < -0.3 is 10.2 Å². The fraction of sp³-hybridized carbons (Fsp3) is 0.500. The van der Waals surface area contributed by atoms with Gasteiger partial charge in [-0.1, -0.05) is 12.1 Å². The molecule has 1 saturated heterocycles. The molecule has 6 nitrogen and oxygen atoms in total. The summed E-state index contributed by atoms with van der Waals surface area (Å²) in [6, 6.07) is 3.57. The van der Waals surface area contributed by atoms with Gasteiger partial charge in [-0.25, -0.2) is 0 Å². The Kier molecular flexibility index (Phi) is 3.40. The van der Waals surface area contributed by atoms with E-state index >= 15 is 0 Å². The predicted octanol–water partition coefficient (Wildman–Crippen LogP) is 1.26. The van der Waals surface area contributed by atoms with Crippen LogP contribution >= 0.6 is 0 Å². The Morgan fingerprint density at radius 2 is 2.50 bits per heavy atom. The molecule has 0 radical (unpaired) electrons. The Hall–Kier alpha value is -1.95. The first-order chi connectivity index (χ1) is 9.71. The highest BCUT2D eigenvalue weighted by Crippen LogP contribution is 2.33. The molecule has 0 saturated carbocycles. The van der Waals surface area contributed by atoms with Crippen molar-refractivity contribution in [3.63, 3.8) is 0 Å². The van der Waals surface area contributed by atoms with Crippen molar-refractivity contribution >= 4 is 17.3 Å². The molecule has 0 bridgehead atoms. The molecule has 1 fully saturated rings. The van der Waals surface area contributed by atoms with E-state index < -0.39 is 0 Å². The second-order valence-corrected chi connectivity index (χ2v) is 5.30. The summed E-state index contributed by atoms with van der Waals surface area (Å²) in [4.78, 5) is 24.0. The number of aromatic nitrogens is 1. The average Bonchev–Trinajstić information content (AvgIpc) is 3.08. The standard InChI is InChI=1S/C14H18N4O2/c1-2-18-7-5-14(10-18)8-12(17-20-14)13(19)16-11-4-3-6-15-9-11/h3-4,6,9H,2,5,7-8,10H2,1H3,(H,16,19)/t14-/m0/s1. The molecule has 1 N–H and O–H groups in total. The van der Waals surface area contributed by atoms with E-state index in [1.807, 2.05) is 0 Å². The van der Waals surface area contributed by atoms with Crippen LogP contribution in [0.15, 0.2) is 29.7 Å². The highest BCUT2D eigenvalue weighted by Gasteiger charge is 2.46. The molecule has 3 rings (SSSR count). The molecular formula is C14H18N4O2. The first-order valence-corrected chi connectivity index (χ1v) is 6.89. The number of amides is 1. The van der Waals surface area contributed by atoms with Crippen LogP contribution in [0.2, 0.25) is 0 Å². The van der Waals surface area contributed by atoms with Crippen LogP contribution in [0.1, 0.15) is 19.8 Å². The van der Waals surface area contributed by atoms with Crippen LogP contribution in [0.3, 0.4) is 0 Å². The Balaban J connectivity index is 1.61. The Morgan fingerprint density at radius 1 is 1.60 bits per heavy atom. The number of nitrogens with zero attached hydrogens (tertiary/aromatic N) is 3. The molecule has 3 heterocycles. The van der Waals surface area contributed by atoms with Gasteiger partial charge >= 0.3 is 0 Å². The molecule has 0 unspecified atom stereocenters. The topological polar surface area (TPSA) is 66.8 Å². The highest BCUT2D eigenvalue weighted by atomic mass is 16.7. The van der Waals surface area contributed by atoms with E-state index in [9.17, 15) is 4.79 Å². The van der Waals surface area contributed by atoms with Crippen LogP contribution in [-0.2, 0) is 9.63 Å². The second kappa shape index (κ2) is 5.20. The maximum Gasteiger partial charge on any atom is 0.273 e. The van der Waals surface area contributed by atoms with E-state index in [0.717, 1.165) is 26.1 Å². The van der Waals surface area contributed by atoms with E-state index in [1.165, 1.54) is 0 Å². The molecule has 20 heavy (non-hydrogen) atoms. The number of nitrogens with one attached hydrogen (secondary N) is 1. The number of hydrogen-bond donors (Lipinski definition) is 1. The van der Waals surface area contributed by atoms with Gasteiger partial charge in [0.15, 0.2) is 5.60 Å². The maximum absolute atomic E-state index is 12.1. The van der Waals surface area contributed by atoms with Gasteiger partial charge in [-0.2, -0.15) is 0 Å². The summed E-state index contributed by atoms with van der Waals surface area (Å²) >= 11 is 0. The normalized spacial score (nSPS) is 25.6. The lowest BCUT2D eigenvalue weighted by atomic mass is 9.96. The lowest BCUT2D eigenvalue weighted by molar-refractivity contribution is -0.110. The Morgan fingerprint density at radius 3 is 3.20 bits per heavy atom. The molecular weight excluding hydrogens is 256 g/mol. The van der Waals surface area contributed by atoms with E-state index in [2.05, 4.69) is 27.3 Å². The molecule has 0 aromatic carbocycles. The molecule has 6 heteroatoms. The molecule has 106 valence electrons. The van der Waals surface area contributed by atoms with Crippen LogP contribution in [0.5, 0.6) is 0 Å². The minimum absolute atomic E-state index is 0.204. The van der Waals surface area contributed by atoms with Crippen molar-refractivity contribution in [2.24, 2.45) is 5.16 Å². The second-order valence-electron chi connectivity index (χ2n) is 5.30. The monoisotopic (exact) mass is 274 g/mol. The van der Waals surface area contributed by atoms with Crippen LogP contribution < -0.4 is 5.32 Å². The summed E-state index contributed by atoms with van der Waals surface area (Å²) in [5.74, 6) is -0.204. The molecule has 1 aromatic rings. The summed E-state index contributed by atoms with van der Waals surface area (Å²) in [7, 11) is 0. The van der Waals surface area contributed by atoms with Crippen molar-refractivity contribution in [1.82, 2.24) is 9.88 Å². The number of pyridine rings is 1. The molecule has 1 atom stereocenters. The van der Waals surface area contributed by atoms with Gasteiger partial charge in [-0.05, 0) is 18.7 Å². The average molecular weight is 274 g/mol. The number of likely N-dealkylation sites (tertiary alicyclic amines) is 1. The fourth-order valence-corrected chi connectivity index (χ4v) is 2.70. The molecule has 1 aromatic heterocycles. The number of hydrogen-bond acceptors (Lipinski definition) is 5. The third-order valence-electron chi connectivity index (χ3n) is 3.86. The zero-order valence-electron chi connectivity index (χ0n) is 11.5. The summed E-state index contributed by atoms with van der Waals surface area (Å²) in [5, 5.41) is 6.78. The lowest BCUT2D eigenvalue weighted by Gasteiger charge is -2.20. The van der Waals surface area contributed by atoms with E-state index in [4.69, 9.17) is 4.84 Å². The molecule has 1 spiro atoms.